The maximum Gasteiger partial charge on any atom is 2.00 e. The van der Waals surface area contributed by atoms with Crippen molar-refractivity contribution >= 4 is 5.57 Å². The van der Waals surface area contributed by atoms with Gasteiger partial charge < -0.3 is 0 Å². The molecule has 0 N–H and O–H groups in total. The Morgan fingerprint density at radius 3 is 1.78 bits per heavy atom. The minimum absolute atomic E-state index is 0. The topological polar surface area (TPSA) is 0 Å². The standard InChI is InChI=1S/C16H13.C10H15.Zr/c1-12-15-10-6-5-9-14(15)11-16(12)13-7-3-2-4-8-13;1-6-7(2)9(4)10(5)8(6)3;/h2-10,12H,1H3;1-5H3;/q2*-1;+2. The molecule has 0 amide bonds. The van der Waals surface area contributed by atoms with Crippen molar-refractivity contribution in [2.45, 2.75) is 47.5 Å². The van der Waals surface area contributed by atoms with Crippen molar-refractivity contribution < 1.29 is 26.2 Å². The van der Waals surface area contributed by atoms with E-state index in [0.717, 1.165) is 0 Å². The van der Waals surface area contributed by atoms with E-state index < -0.39 is 0 Å². The number of fused-ring (bicyclic) bond motifs is 1. The third kappa shape index (κ3) is 4.30. The largest absolute Gasteiger partial charge is 2.00 e. The first-order chi connectivity index (χ1) is 12.4. The van der Waals surface area contributed by atoms with Crippen molar-refractivity contribution in [2.24, 2.45) is 0 Å². The summed E-state index contributed by atoms with van der Waals surface area (Å²) in [6.07, 6.45) is 3.52. The van der Waals surface area contributed by atoms with Gasteiger partial charge in [-0.3, -0.25) is 0 Å². The molecule has 0 aliphatic heterocycles. The number of benzene rings is 2. The molecule has 0 aromatic heterocycles. The molecule has 0 fully saturated rings. The molecule has 1 heteroatoms. The summed E-state index contributed by atoms with van der Waals surface area (Å²) in [4.78, 5) is 0. The van der Waals surface area contributed by atoms with Crippen LogP contribution in [-0.2, 0) is 26.2 Å². The second-order valence-electron chi connectivity index (χ2n) is 7.34. The van der Waals surface area contributed by atoms with Crippen molar-refractivity contribution in [3.63, 3.8) is 0 Å². The molecule has 1 aliphatic carbocycles. The molecule has 0 saturated heterocycles. The van der Waals surface area contributed by atoms with E-state index in [0.29, 0.717) is 5.92 Å². The first-order valence-electron chi connectivity index (χ1n) is 9.39. The average Bonchev–Trinajstić information content (AvgIpc) is 3.10. The van der Waals surface area contributed by atoms with Crippen LogP contribution in [0, 0.1) is 40.7 Å². The molecule has 0 bridgehead atoms. The summed E-state index contributed by atoms with van der Waals surface area (Å²) >= 11 is 0. The number of allylic oxidation sites excluding steroid dienone is 1. The van der Waals surface area contributed by atoms with Gasteiger partial charge in [0.25, 0.3) is 0 Å². The maximum atomic E-state index is 3.52. The first kappa shape index (κ1) is 21.7. The molecule has 4 rings (SSSR count). The summed E-state index contributed by atoms with van der Waals surface area (Å²) in [5.41, 5.74) is 12.6. The smallest absolute Gasteiger partial charge is 0.196 e. The summed E-state index contributed by atoms with van der Waals surface area (Å²) in [6, 6.07) is 19.0. The first-order valence-corrected chi connectivity index (χ1v) is 9.39. The number of hydrogen-bond acceptors (Lipinski definition) is 0. The van der Waals surface area contributed by atoms with Crippen LogP contribution in [-0.4, -0.2) is 0 Å². The van der Waals surface area contributed by atoms with Crippen LogP contribution >= 0.6 is 0 Å². The molecule has 0 heterocycles. The molecule has 0 radical (unpaired) electrons. The van der Waals surface area contributed by atoms with Crippen LogP contribution in [0.2, 0.25) is 0 Å². The van der Waals surface area contributed by atoms with Crippen molar-refractivity contribution in [3.8, 4) is 0 Å². The van der Waals surface area contributed by atoms with Gasteiger partial charge in [0.15, 0.2) is 0 Å². The molecule has 1 atom stereocenters. The second kappa shape index (κ2) is 9.07. The van der Waals surface area contributed by atoms with Crippen LogP contribution in [0.1, 0.15) is 57.3 Å². The van der Waals surface area contributed by atoms with E-state index in [9.17, 15) is 0 Å². The van der Waals surface area contributed by atoms with Crippen molar-refractivity contribution in [1.82, 2.24) is 0 Å². The van der Waals surface area contributed by atoms with Gasteiger partial charge in [0, 0.05) is 0 Å². The Balaban J connectivity index is 0.000000208. The molecule has 3 aromatic carbocycles. The minimum atomic E-state index is 0. The predicted octanol–water partition coefficient (Wildman–Crippen LogP) is 6.98. The van der Waals surface area contributed by atoms with Crippen LogP contribution in [0.3, 0.4) is 0 Å². The van der Waals surface area contributed by atoms with Gasteiger partial charge in [0.05, 0.1) is 0 Å². The summed E-state index contributed by atoms with van der Waals surface area (Å²) in [6.45, 7) is 13.2. The zero-order valence-electron chi connectivity index (χ0n) is 17.3. The Morgan fingerprint density at radius 2 is 1.30 bits per heavy atom. The zero-order chi connectivity index (χ0) is 18.8. The van der Waals surface area contributed by atoms with Crippen molar-refractivity contribution in [3.05, 3.63) is 105 Å². The fraction of sp³-hybridized carbons (Fsp3) is 0.269. The van der Waals surface area contributed by atoms with Gasteiger partial charge in [-0.1, -0.05) is 83.5 Å². The van der Waals surface area contributed by atoms with Gasteiger partial charge in [0.2, 0.25) is 0 Å². The van der Waals surface area contributed by atoms with Crippen molar-refractivity contribution in [2.75, 3.05) is 0 Å². The minimum Gasteiger partial charge on any atom is -0.196 e. The average molecular weight is 432 g/mol. The SMILES string of the molecule is CC1C(c2ccccc2)=[C-]c2ccccc21.Cc1c(C)c(C)[c-](C)c1C.[Zr+2]. The molecule has 27 heavy (non-hydrogen) atoms. The normalized spacial score (nSPS) is 14.6. The van der Waals surface area contributed by atoms with Crippen LogP contribution < -0.4 is 0 Å². The van der Waals surface area contributed by atoms with Crippen LogP contribution in [0.5, 0.6) is 0 Å². The van der Waals surface area contributed by atoms with E-state index in [1.165, 1.54) is 50.1 Å². The number of rotatable bonds is 1. The predicted molar refractivity (Wildman–Crippen MR) is 113 cm³/mol. The summed E-state index contributed by atoms with van der Waals surface area (Å²) in [5, 5.41) is 0. The van der Waals surface area contributed by atoms with Gasteiger partial charge in [0.1, 0.15) is 0 Å². The molecule has 1 unspecified atom stereocenters. The molecule has 1 aliphatic rings. The van der Waals surface area contributed by atoms with Gasteiger partial charge in [-0.15, -0.1) is 41.0 Å². The van der Waals surface area contributed by atoms with Crippen molar-refractivity contribution in [1.29, 1.82) is 0 Å². The van der Waals surface area contributed by atoms with Gasteiger partial charge in [-0.25, -0.2) is 0 Å². The fourth-order valence-corrected chi connectivity index (χ4v) is 3.74. The van der Waals surface area contributed by atoms with Gasteiger partial charge in [-0.05, 0) is 5.92 Å². The molecular formula is C26H28Zr. The Labute approximate surface area is 183 Å². The Kier molecular flexibility index (Phi) is 7.29. The number of hydrogen-bond donors (Lipinski definition) is 0. The fourth-order valence-electron chi connectivity index (χ4n) is 3.74. The molecule has 0 nitrogen and oxygen atoms in total. The van der Waals surface area contributed by atoms with E-state index in [4.69, 9.17) is 0 Å². The van der Waals surface area contributed by atoms with Gasteiger partial charge >= 0.3 is 26.2 Å². The van der Waals surface area contributed by atoms with E-state index >= 15 is 0 Å². The van der Waals surface area contributed by atoms with E-state index in [2.05, 4.69) is 102 Å². The quantitative estimate of drug-likeness (QED) is 0.364. The molecule has 136 valence electrons. The zero-order valence-corrected chi connectivity index (χ0v) is 19.7. The maximum absolute atomic E-state index is 3.52. The Morgan fingerprint density at radius 1 is 0.778 bits per heavy atom. The van der Waals surface area contributed by atoms with Gasteiger partial charge in [-0.2, -0.15) is 27.8 Å². The Hall–Kier alpha value is -1.59. The van der Waals surface area contributed by atoms with Crippen LogP contribution in [0.4, 0.5) is 0 Å². The van der Waals surface area contributed by atoms with E-state index in [-0.39, 0.29) is 26.2 Å². The van der Waals surface area contributed by atoms with E-state index in [1.54, 1.807) is 0 Å². The molecular weight excluding hydrogens is 404 g/mol. The Bertz CT molecular complexity index is 862. The summed E-state index contributed by atoms with van der Waals surface area (Å²) in [5.74, 6) is 0.457. The van der Waals surface area contributed by atoms with Crippen LogP contribution in [0.15, 0.2) is 54.6 Å². The third-order valence-electron chi connectivity index (χ3n) is 6.03. The molecule has 0 saturated carbocycles. The van der Waals surface area contributed by atoms with E-state index in [1.807, 2.05) is 0 Å². The summed E-state index contributed by atoms with van der Waals surface area (Å²) in [7, 11) is 0. The molecule has 0 spiro atoms. The monoisotopic (exact) mass is 430 g/mol. The summed E-state index contributed by atoms with van der Waals surface area (Å²) < 4.78 is 0. The second-order valence-corrected chi connectivity index (χ2v) is 7.34. The van der Waals surface area contributed by atoms with Crippen LogP contribution in [0.25, 0.3) is 5.57 Å². The molecule has 3 aromatic rings. The third-order valence-corrected chi connectivity index (χ3v) is 6.03.